The molecule has 4 nitrogen and oxygen atoms in total. The van der Waals surface area contributed by atoms with E-state index in [2.05, 4.69) is 22.4 Å². The van der Waals surface area contributed by atoms with Crippen LogP contribution in [0.25, 0.3) is 10.6 Å². The molecule has 86 valence electrons. The third kappa shape index (κ3) is 2.31. The molecule has 0 radical (unpaired) electrons. The highest BCUT2D eigenvalue weighted by Crippen LogP contribution is 2.28. The first-order valence-electron chi connectivity index (χ1n) is 5.31. The number of hydrogen-bond acceptors (Lipinski definition) is 5. The zero-order valence-corrected chi connectivity index (χ0v) is 10.5. The summed E-state index contributed by atoms with van der Waals surface area (Å²) >= 11 is 1.61. The molecule has 16 heavy (non-hydrogen) atoms. The topological polar surface area (TPSA) is 51.0 Å². The molecule has 0 fully saturated rings. The monoisotopic (exact) mass is 237 g/mol. The van der Waals surface area contributed by atoms with Gasteiger partial charge in [0, 0.05) is 6.54 Å². The van der Waals surface area contributed by atoms with Crippen molar-refractivity contribution in [1.82, 2.24) is 15.5 Å². The number of furan rings is 1. The maximum atomic E-state index is 5.48. The Bertz CT molecular complexity index is 475. The predicted molar refractivity (Wildman–Crippen MR) is 64.5 cm³/mol. The highest BCUT2D eigenvalue weighted by atomic mass is 32.1. The number of nitrogens with one attached hydrogen (secondary N) is 1. The van der Waals surface area contributed by atoms with Gasteiger partial charge in [0.25, 0.3) is 0 Å². The number of nitrogens with zero attached hydrogens (tertiary/aromatic N) is 2. The van der Waals surface area contributed by atoms with Crippen molar-refractivity contribution >= 4 is 11.3 Å². The van der Waals surface area contributed by atoms with Crippen molar-refractivity contribution in [2.75, 3.05) is 6.54 Å². The average Bonchev–Trinajstić information content (AvgIpc) is 2.82. The molecule has 0 unspecified atom stereocenters. The lowest BCUT2D eigenvalue weighted by molar-refractivity contribution is 0.505. The van der Waals surface area contributed by atoms with Crippen LogP contribution in [0.15, 0.2) is 10.5 Å². The maximum absolute atomic E-state index is 5.48. The van der Waals surface area contributed by atoms with Gasteiger partial charge in [0.15, 0.2) is 5.01 Å². The van der Waals surface area contributed by atoms with E-state index in [1.807, 2.05) is 19.9 Å². The van der Waals surface area contributed by atoms with Gasteiger partial charge in [-0.15, -0.1) is 10.2 Å². The van der Waals surface area contributed by atoms with Gasteiger partial charge in [-0.3, -0.25) is 0 Å². The molecule has 2 rings (SSSR count). The van der Waals surface area contributed by atoms with Crippen LogP contribution in [0.4, 0.5) is 0 Å². The van der Waals surface area contributed by atoms with Crippen LogP contribution in [-0.2, 0) is 6.54 Å². The summed E-state index contributed by atoms with van der Waals surface area (Å²) in [4.78, 5) is 0. The van der Waals surface area contributed by atoms with Gasteiger partial charge < -0.3 is 9.73 Å². The van der Waals surface area contributed by atoms with E-state index < -0.39 is 0 Å². The molecule has 2 aromatic rings. The quantitative estimate of drug-likeness (QED) is 0.887. The van der Waals surface area contributed by atoms with Crippen molar-refractivity contribution < 1.29 is 4.42 Å². The molecule has 0 spiro atoms. The largest absolute Gasteiger partial charge is 0.466 e. The Morgan fingerprint density at radius 3 is 2.81 bits per heavy atom. The highest BCUT2D eigenvalue weighted by molar-refractivity contribution is 7.14. The summed E-state index contributed by atoms with van der Waals surface area (Å²) in [6, 6.07) is 2.01. The van der Waals surface area contributed by atoms with Gasteiger partial charge >= 0.3 is 0 Å². The predicted octanol–water partition coefficient (Wildman–Crippen LogP) is 2.52. The smallest absolute Gasteiger partial charge is 0.151 e. The highest BCUT2D eigenvalue weighted by Gasteiger charge is 2.12. The minimum atomic E-state index is 0.782. The maximum Gasteiger partial charge on any atom is 0.151 e. The first-order chi connectivity index (χ1) is 7.70. The fraction of sp³-hybridized carbons (Fsp3) is 0.455. The third-order valence-corrected chi connectivity index (χ3v) is 3.22. The van der Waals surface area contributed by atoms with Crippen LogP contribution in [0, 0.1) is 13.8 Å². The van der Waals surface area contributed by atoms with Crippen LogP contribution in [0.3, 0.4) is 0 Å². The van der Waals surface area contributed by atoms with Gasteiger partial charge in [-0.2, -0.15) is 0 Å². The molecule has 2 aromatic heterocycles. The summed E-state index contributed by atoms with van der Waals surface area (Å²) in [6.45, 7) is 7.69. The summed E-state index contributed by atoms with van der Waals surface area (Å²) in [7, 11) is 0. The standard InChI is InChI=1S/C11H15N3OS/c1-4-12-6-10-13-14-11(16-10)9-5-7(2)15-8(9)3/h5,12H,4,6H2,1-3H3. The summed E-state index contributed by atoms with van der Waals surface area (Å²) in [5, 5.41) is 13.5. The van der Waals surface area contributed by atoms with E-state index in [9.17, 15) is 0 Å². The molecule has 0 aliphatic carbocycles. The normalized spacial score (nSPS) is 10.9. The van der Waals surface area contributed by atoms with E-state index in [4.69, 9.17) is 4.42 Å². The number of aryl methyl sites for hydroxylation is 2. The van der Waals surface area contributed by atoms with Crippen molar-refractivity contribution in [3.05, 3.63) is 22.6 Å². The van der Waals surface area contributed by atoms with E-state index in [0.29, 0.717) is 0 Å². The van der Waals surface area contributed by atoms with Gasteiger partial charge in [0.2, 0.25) is 0 Å². The van der Waals surface area contributed by atoms with Crippen LogP contribution >= 0.6 is 11.3 Å². The molecule has 0 saturated heterocycles. The summed E-state index contributed by atoms with van der Waals surface area (Å²) in [6.07, 6.45) is 0. The minimum absolute atomic E-state index is 0.782. The number of hydrogen-bond donors (Lipinski definition) is 1. The molecule has 0 atom stereocenters. The van der Waals surface area contributed by atoms with E-state index in [0.717, 1.165) is 40.2 Å². The molecule has 0 amide bonds. The zero-order chi connectivity index (χ0) is 11.5. The van der Waals surface area contributed by atoms with Crippen LogP contribution in [0.2, 0.25) is 0 Å². The number of rotatable bonds is 4. The van der Waals surface area contributed by atoms with Gasteiger partial charge in [-0.1, -0.05) is 18.3 Å². The fourth-order valence-electron chi connectivity index (χ4n) is 1.51. The number of aromatic nitrogens is 2. The van der Waals surface area contributed by atoms with E-state index >= 15 is 0 Å². The first-order valence-corrected chi connectivity index (χ1v) is 6.13. The van der Waals surface area contributed by atoms with E-state index in [1.165, 1.54) is 0 Å². The van der Waals surface area contributed by atoms with Crippen molar-refractivity contribution in [3.8, 4) is 10.6 Å². The van der Waals surface area contributed by atoms with Crippen molar-refractivity contribution in [1.29, 1.82) is 0 Å². The summed E-state index contributed by atoms with van der Waals surface area (Å²) in [5.41, 5.74) is 1.05. The van der Waals surface area contributed by atoms with E-state index in [-0.39, 0.29) is 0 Å². The third-order valence-electron chi connectivity index (χ3n) is 2.26. The second kappa shape index (κ2) is 4.76. The Morgan fingerprint density at radius 2 is 2.19 bits per heavy atom. The van der Waals surface area contributed by atoms with Gasteiger partial charge in [0.1, 0.15) is 16.5 Å². The second-order valence-corrected chi connectivity index (χ2v) is 4.67. The average molecular weight is 237 g/mol. The molecule has 0 aromatic carbocycles. The van der Waals surface area contributed by atoms with Crippen LogP contribution in [0.5, 0.6) is 0 Å². The summed E-state index contributed by atoms with van der Waals surface area (Å²) < 4.78 is 5.48. The lowest BCUT2D eigenvalue weighted by Crippen LogP contribution is -2.11. The Morgan fingerprint density at radius 1 is 1.38 bits per heavy atom. The molecule has 2 heterocycles. The van der Waals surface area contributed by atoms with Gasteiger partial charge in [0.05, 0.1) is 5.56 Å². The Balaban J connectivity index is 2.21. The molecular formula is C11H15N3OS. The van der Waals surface area contributed by atoms with Crippen LogP contribution in [0.1, 0.15) is 23.5 Å². The lowest BCUT2D eigenvalue weighted by Gasteiger charge is -1.93. The van der Waals surface area contributed by atoms with Gasteiger partial charge in [-0.25, -0.2) is 0 Å². The zero-order valence-electron chi connectivity index (χ0n) is 9.70. The molecular weight excluding hydrogens is 222 g/mol. The van der Waals surface area contributed by atoms with Crippen molar-refractivity contribution in [2.45, 2.75) is 27.3 Å². The molecule has 1 N–H and O–H groups in total. The Hall–Kier alpha value is -1.20. The molecule has 0 saturated carbocycles. The van der Waals surface area contributed by atoms with Gasteiger partial charge in [-0.05, 0) is 26.5 Å². The summed E-state index contributed by atoms with van der Waals surface area (Å²) in [5.74, 6) is 1.82. The molecule has 0 bridgehead atoms. The lowest BCUT2D eigenvalue weighted by atomic mass is 10.2. The second-order valence-electron chi connectivity index (χ2n) is 3.61. The Kier molecular flexibility index (Phi) is 3.36. The molecule has 0 aliphatic rings. The van der Waals surface area contributed by atoms with Crippen molar-refractivity contribution in [2.24, 2.45) is 0 Å². The molecule has 0 aliphatic heterocycles. The first kappa shape index (κ1) is 11.3. The van der Waals surface area contributed by atoms with Crippen molar-refractivity contribution in [3.63, 3.8) is 0 Å². The Labute approximate surface area is 98.7 Å². The van der Waals surface area contributed by atoms with E-state index in [1.54, 1.807) is 11.3 Å². The van der Waals surface area contributed by atoms with Crippen LogP contribution in [-0.4, -0.2) is 16.7 Å². The van der Waals surface area contributed by atoms with Crippen LogP contribution < -0.4 is 5.32 Å². The fourth-order valence-corrected chi connectivity index (χ4v) is 2.38. The minimum Gasteiger partial charge on any atom is -0.466 e. The SMILES string of the molecule is CCNCc1nnc(-c2cc(C)oc2C)s1. The molecule has 5 heteroatoms.